The molecule has 0 aliphatic rings. The maximum absolute atomic E-state index is 13.0. The number of aryl methyl sites for hydroxylation is 1. The van der Waals surface area contributed by atoms with E-state index in [4.69, 9.17) is 0 Å². The highest BCUT2D eigenvalue weighted by molar-refractivity contribution is 5.99. The number of carbonyl (C=O) groups excluding carboxylic acids is 4. The molecule has 0 bridgehead atoms. The lowest BCUT2D eigenvalue weighted by Crippen LogP contribution is -2.44. The standard InChI is InChI=1S/C32H38N4O4/c1-21(2)27(19-29(38)25-11-15-33-16-12-25)32(40)35-20-24-7-5-23(6-8-24)9-10-28(37)30(22(3)4)36-31(39)26-13-17-34-18-14-26/h5-8,11-18,21-22,27,30H,9-10,19-20H2,1-4H3,(H,35,40)(H,36,39)/t27-,30+/m1/s1. The molecule has 8 heteroatoms. The monoisotopic (exact) mass is 542 g/mol. The van der Waals surface area contributed by atoms with Crippen LogP contribution in [0.3, 0.4) is 0 Å². The van der Waals surface area contributed by atoms with Crippen molar-refractivity contribution in [1.29, 1.82) is 0 Å². The van der Waals surface area contributed by atoms with Gasteiger partial charge in [0.2, 0.25) is 5.91 Å². The minimum Gasteiger partial charge on any atom is -0.352 e. The molecule has 1 aromatic carbocycles. The van der Waals surface area contributed by atoms with Gasteiger partial charge in [-0.2, -0.15) is 0 Å². The number of pyridine rings is 2. The first-order valence-electron chi connectivity index (χ1n) is 13.7. The Labute approximate surface area is 236 Å². The molecule has 0 radical (unpaired) electrons. The zero-order valence-electron chi connectivity index (χ0n) is 23.6. The number of rotatable bonds is 14. The maximum atomic E-state index is 13.0. The van der Waals surface area contributed by atoms with Gasteiger partial charge in [-0.15, -0.1) is 0 Å². The Kier molecular flexibility index (Phi) is 11.2. The zero-order chi connectivity index (χ0) is 29.1. The highest BCUT2D eigenvalue weighted by atomic mass is 16.2. The normalized spacial score (nSPS) is 12.6. The van der Waals surface area contributed by atoms with Gasteiger partial charge in [-0.1, -0.05) is 52.0 Å². The minimum atomic E-state index is -0.575. The number of hydrogen-bond donors (Lipinski definition) is 2. The number of carbonyl (C=O) groups is 4. The fourth-order valence-electron chi connectivity index (χ4n) is 4.40. The number of nitrogens with one attached hydrogen (secondary N) is 2. The summed E-state index contributed by atoms with van der Waals surface area (Å²) in [4.78, 5) is 58.9. The van der Waals surface area contributed by atoms with E-state index >= 15 is 0 Å². The Balaban J connectivity index is 1.50. The van der Waals surface area contributed by atoms with Crippen LogP contribution in [0.4, 0.5) is 0 Å². The van der Waals surface area contributed by atoms with Gasteiger partial charge >= 0.3 is 0 Å². The van der Waals surface area contributed by atoms with Gasteiger partial charge in [-0.3, -0.25) is 29.1 Å². The second-order valence-electron chi connectivity index (χ2n) is 10.6. The summed E-state index contributed by atoms with van der Waals surface area (Å²) in [5, 5.41) is 5.83. The molecule has 2 heterocycles. The molecule has 0 fully saturated rings. The van der Waals surface area contributed by atoms with Crippen molar-refractivity contribution in [2.75, 3.05) is 0 Å². The van der Waals surface area contributed by atoms with Crippen LogP contribution in [-0.2, 0) is 22.6 Å². The molecule has 0 aliphatic carbocycles. The van der Waals surface area contributed by atoms with Gasteiger partial charge in [0.15, 0.2) is 11.6 Å². The number of aromatic nitrogens is 2. The van der Waals surface area contributed by atoms with Crippen molar-refractivity contribution in [1.82, 2.24) is 20.6 Å². The molecule has 2 atom stereocenters. The maximum Gasteiger partial charge on any atom is 0.251 e. The van der Waals surface area contributed by atoms with Crippen molar-refractivity contribution in [3.8, 4) is 0 Å². The number of amides is 2. The predicted molar refractivity (Wildman–Crippen MR) is 153 cm³/mol. The molecule has 40 heavy (non-hydrogen) atoms. The second kappa shape index (κ2) is 14.8. The summed E-state index contributed by atoms with van der Waals surface area (Å²) in [6.45, 7) is 8.05. The smallest absolute Gasteiger partial charge is 0.251 e. The first-order chi connectivity index (χ1) is 19.2. The molecule has 0 aliphatic heterocycles. The van der Waals surface area contributed by atoms with E-state index < -0.39 is 12.0 Å². The van der Waals surface area contributed by atoms with Crippen molar-refractivity contribution < 1.29 is 19.2 Å². The lowest BCUT2D eigenvalue weighted by atomic mass is 9.88. The van der Waals surface area contributed by atoms with Crippen LogP contribution < -0.4 is 10.6 Å². The summed E-state index contributed by atoms with van der Waals surface area (Å²) in [6.07, 6.45) is 7.22. The average molecular weight is 543 g/mol. The summed E-state index contributed by atoms with van der Waals surface area (Å²) in [6, 6.07) is 13.7. The summed E-state index contributed by atoms with van der Waals surface area (Å²) in [7, 11) is 0. The van der Waals surface area contributed by atoms with E-state index in [9.17, 15) is 19.2 Å². The van der Waals surface area contributed by atoms with Crippen LogP contribution in [0.25, 0.3) is 0 Å². The number of hydrogen-bond acceptors (Lipinski definition) is 6. The van der Waals surface area contributed by atoms with Gasteiger partial charge in [-0.05, 0) is 53.6 Å². The van der Waals surface area contributed by atoms with Crippen LogP contribution in [-0.4, -0.2) is 39.4 Å². The molecule has 3 aromatic rings. The second-order valence-corrected chi connectivity index (χ2v) is 10.6. The average Bonchev–Trinajstić information content (AvgIpc) is 2.97. The van der Waals surface area contributed by atoms with Crippen molar-refractivity contribution in [3.05, 3.63) is 95.6 Å². The Morgan fingerprint density at radius 2 is 1.27 bits per heavy atom. The predicted octanol–water partition coefficient (Wildman–Crippen LogP) is 4.59. The van der Waals surface area contributed by atoms with E-state index in [1.165, 1.54) is 0 Å². The fourth-order valence-corrected chi connectivity index (χ4v) is 4.40. The van der Waals surface area contributed by atoms with Gasteiger partial charge < -0.3 is 10.6 Å². The van der Waals surface area contributed by atoms with Crippen LogP contribution in [0.1, 0.15) is 72.4 Å². The first kappa shape index (κ1) is 30.3. The largest absolute Gasteiger partial charge is 0.352 e. The highest BCUT2D eigenvalue weighted by Crippen LogP contribution is 2.19. The lowest BCUT2D eigenvalue weighted by Gasteiger charge is -2.21. The van der Waals surface area contributed by atoms with Crippen LogP contribution >= 0.6 is 0 Å². The molecule has 2 aromatic heterocycles. The van der Waals surface area contributed by atoms with Gasteiger partial charge in [-0.25, -0.2) is 0 Å². The third-order valence-corrected chi connectivity index (χ3v) is 6.94. The Morgan fingerprint density at radius 1 is 0.725 bits per heavy atom. The third-order valence-electron chi connectivity index (χ3n) is 6.94. The molecule has 210 valence electrons. The molecule has 0 saturated heterocycles. The first-order valence-corrected chi connectivity index (χ1v) is 13.7. The van der Waals surface area contributed by atoms with Crippen LogP contribution in [0.5, 0.6) is 0 Å². The summed E-state index contributed by atoms with van der Waals surface area (Å²) in [5.74, 6) is -1.00. The van der Waals surface area contributed by atoms with E-state index in [-0.39, 0.29) is 41.6 Å². The topological polar surface area (TPSA) is 118 Å². The minimum absolute atomic E-state index is 0.00912. The van der Waals surface area contributed by atoms with E-state index in [0.29, 0.717) is 30.5 Å². The molecule has 3 rings (SSSR count). The highest BCUT2D eigenvalue weighted by Gasteiger charge is 2.26. The van der Waals surface area contributed by atoms with E-state index in [1.807, 2.05) is 52.0 Å². The number of ketones is 2. The van der Waals surface area contributed by atoms with E-state index in [2.05, 4.69) is 20.6 Å². The van der Waals surface area contributed by atoms with Crippen molar-refractivity contribution in [2.24, 2.45) is 17.8 Å². The molecule has 2 N–H and O–H groups in total. The number of Topliss-reactive ketones (excluding diaryl/α,β-unsaturated/α-hetero) is 2. The summed E-state index contributed by atoms with van der Waals surface area (Å²) in [5.41, 5.74) is 2.94. The Hall–Kier alpha value is -4.20. The molecule has 0 unspecified atom stereocenters. The molecular weight excluding hydrogens is 504 g/mol. The van der Waals surface area contributed by atoms with Gasteiger partial charge in [0.1, 0.15) is 0 Å². The zero-order valence-corrected chi connectivity index (χ0v) is 23.6. The van der Waals surface area contributed by atoms with Crippen molar-refractivity contribution >= 4 is 23.4 Å². The summed E-state index contributed by atoms with van der Waals surface area (Å²) < 4.78 is 0. The van der Waals surface area contributed by atoms with Gasteiger partial charge in [0, 0.05) is 61.2 Å². The number of benzene rings is 1. The Morgan fingerprint density at radius 3 is 1.82 bits per heavy atom. The quantitative estimate of drug-likeness (QED) is 0.288. The number of nitrogens with zero attached hydrogens (tertiary/aromatic N) is 2. The van der Waals surface area contributed by atoms with Gasteiger partial charge in [0.05, 0.1) is 6.04 Å². The van der Waals surface area contributed by atoms with E-state index in [1.54, 1.807) is 49.1 Å². The SMILES string of the molecule is CC(C)[C@H](NC(=O)c1ccncc1)C(=O)CCc1ccc(CNC(=O)[C@H](CC(=O)c2ccncc2)C(C)C)cc1. The molecular formula is C32H38N4O4. The summed E-state index contributed by atoms with van der Waals surface area (Å²) >= 11 is 0. The molecule has 2 amide bonds. The molecule has 0 saturated carbocycles. The molecule has 8 nitrogen and oxygen atoms in total. The Bertz CT molecular complexity index is 1170. The van der Waals surface area contributed by atoms with Gasteiger partial charge in [0.25, 0.3) is 5.91 Å². The molecule has 0 spiro atoms. The fraction of sp³-hybridized carbons (Fsp3) is 0.375. The van der Waals surface area contributed by atoms with E-state index in [0.717, 1.165) is 11.1 Å². The van der Waals surface area contributed by atoms with Crippen molar-refractivity contribution in [3.63, 3.8) is 0 Å². The lowest BCUT2D eigenvalue weighted by molar-refractivity contribution is -0.126. The van der Waals surface area contributed by atoms with Crippen LogP contribution in [0.2, 0.25) is 0 Å². The van der Waals surface area contributed by atoms with Crippen LogP contribution in [0.15, 0.2) is 73.3 Å². The van der Waals surface area contributed by atoms with Crippen LogP contribution in [0, 0.1) is 17.8 Å². The third kappa shape index (κ3) is 8.93. The van der Waals surface area contributed by atoms with Crippen molar-refractivity contribution in [2.45, 2.75) is 59.5 Å².